The molecule has 3 aromatic rings. The first-order valence-corrected chi connectivity index (χ1v) is 12.5. The van der Waals surface area contributed by atoms with E-state index in [9.17, 15) is 4.79 Å². The van der Waals surface area contributed by atoms with Gasteiger partial charge in [0.25, 0.3) is 5.91 Å². The third kappa shape index (κ3) is 4.76. The smallest absolute Gasteiger partial charge is 0.274 e. The van der Waals surface area contributed by atoms with Gasteiger partial charge in [-0.3, -0.25) is 4.79 Å². The van der Waals surface area contributed by atoms with Gasteiger partial charge < -0.3 is 9.47 Å². The van der Waals surface area contributed by atoms with Crippen molar-refractivity contribution in [2.75, 3.05) is 14.2 Å². The van der Waals surface area contributed by atoms with E-state index in [-0.39, 0.29) is 17.9 Å². The summed E-state index contributed by atoms with van der Waals surface area (Å²) < 4.78 is 11.6. The van der Waals surface area contributed by atoms with Crippen LogP contribution < -0.4 is 9.47 Å². The lowest BCUT2D eigenvalue weighted by Gasteiger charge is -2.29. The number of carbonyl (C=O) groups is 1. The molecule has 1 heterocycles. The van der Waals surface area contributed by atoms with Crippen LogP contribution in [0.2, 0.25) is 0 Å². The van der Waals surface area contributed by atoms with Gasteiger partial charge in [-0.05, 0) is 90.6 Å². The number of amides is 1. The third-order valence-electron chi connectivity index (χ3n) is 6.71. The van der Waals surface area contributed by atoms with E-state index in [0.29, 0.717) is 5.56 Å². The standard InChI is InChI=1S/C29H27BrN2O3/c1-34-24-14-6-19(7-15-24)18-22-4-3-5-26-27(22)31-32(29(33)21-8-12-23(30)13-9-21)28(26)20-10-16-25(35-2)17-11-20/h6-18,26,28H,3-5H2,1-2H3/b22-18+/t26-,28+/m1/s1. The van der Waals surface area contributed by atoms with E-state index >= 15 is 0 Å². The second-order valence-electron chi connectivity index (χ2n) is 8.80. The second kappa shape index (κ2) is 10.1. The number of hydrogen-bond acceptors (Lipinski definition) is 4. The molecule has 1 saturated carbocycles. The lowest BCUT2D eigenvalue weighted by atomic mass is 9.77. The fraction of sp³-hybridized carbons (Fsp3) is 0.241. The minimum atomic E-state index is -0.161. The zero-order chi connectivity index (χ0) is 24.4. The third-order valence-corrected chi connectivity index (χ3v) is 7.24. The Kier molecular flexibility index (Phi) is 6.73. The maximum absolute atomic E-state index is 13.7. The Morgan fingerprint density at radius 3 is 2.20 bits per heavy atom. The van der Waals surface area contributed by atoms with Gasteiger partial charge in [-0.15, -0.1) is 0 Å². The van der Waals surface area contributed by atoms with Crippen molar-refractivity contribution in [3.05, 3.63) is 99.5 Å². The number of ether oxygens (including phenoxy) is 2. The Labute approximate surface area is 214 Å². The molecule has 0 unspecified atom stereocenters. The molecule has 3 aromatic carbocycles. The van der Waals surface area contributed by atoms with Crippen LogP contribution in [0.15, 0.2) is 87.9 Å². The summed E-state index contributed by atoms with van der Waals surface area (Å²) in [5.41, 5.74) is 4.98. The van der Waals surface area contributed by atoms with Crippen LogP contribution in [0.3, 0.4) is 0 Å². The van der Waals surface area contributed by atoms with Gasteiger partial charge in [-0.1, -0.05) is 40.2 Å². The molecule has 5 rings (SSSR count). The zero-order valence-corrected chi connectivity index (χ0v) is 21.4. The summed E-state index contributed by atoms with van der Waals surface area (Å²) in [6.45, 7) is 0. The SMILES string of the molecule is COc1ccc(/C=C2\CCC[C@@H]3C2=NN(C(=O)c2ccc(Br)cc2)[C@H]3c2ccc(OC)cc2)cc1. The van der Waals surface area contributed by atoms with Crippen LogP contribution in [0, 0.1) is 5.92 Å². The highest BCUT2D eigenvalue weighted by Crippen LogP contribution is 2.45. The lowest BCUT2D eigenvalue weighted by molar-refractivity contribution is 0.0681. The van der Waals surface area contributed by atoms with Crippen molar-refractivity contribution in [3.8, 4) is 11.5 Å². The number of methoxy groups -OCH3 is 2. The van der Waals surface area contributed by atoms with E-state index in [1.165, 1.54) is 5.57 Å². The van der Waals surface area contributed by atoms with Crippen LogP contribution in [0.25, 0.3) is 6.08 Å². The van der Waals surface area contributed by atoms with Crippen molar-refractivity contribution in [3.63, 3.8) is 0 Å². The summed E-state index contributed by atoms with van der Waals surface area (Å²) in [6, 6.07) is 23.3. The van der Waals surface area contributed by atoms with Crippen molar-refractivity contribution >= 4 is 33.6 Å². The number of rotatable bonds is 5. The molecule has 0 aromatic heterocycles. The number of benzene rings is 3. The normalized spacial score (nSPS) is 20.4. The van der Waals surface area contributed by atoms with E-state index in [0.717, 1.165) is 52.1 Å². The molecule has 1 amide bonds. The van der Waals surface area contributed by atoms with Gasteiger partial charge in [0, 0.05) is 16.0 Å². The number of fused-ring (bicyclic) bond motifs is 1. The average molecular weight is 531 g/mol. The van der Waals surface area contributed by atoms with E-state index in [4.69, 9.17) is 14.6 Å². The number of halogens is 1. The first-order chi connectivity index (χ1) is 17.1. The Morgan fingerprint density at radius 1 is 0.943 bits per heavy atom. The first-order valence-electron chi connectivity index (χ1n) is 11.7. The summed E-state index contributed by atoms with van der Waals surface area (Å²) in [7, 11) is 3.33. The van der Waals surface area contributed by atoms with Crippen molar-refractivity contribution in [1.82, 2.24) is 5.01 Å². The van der Waals surface area contributed by atoms with Gasteiger partial charge in [0.15, 0.2) is 0 Å². The van der Waals surface area contributed by atoms with Crippen LogP contribution in [0.4, 0.5) is 0 Å². The minimum absolute atomic E-state index is 0.0935. The van der Waals surface area contributed by atoms with Crippen LogP contribution in [-0.2, 0) is 0 Å². The van der Waals surface area contributed by atoms with Crippen molar-refractivity contribution in [1.29, 1.82) is 0 Å². The highest BCUT2D eigenvalue weighted by atomic mass is 79.9. The maximum atomic E-state index is 13.7. The summed E-state index contributed by atoms with van der Waals surface area (Å²) in [4.78, 5) is 13.7. The molecule has 35 heavy (non-hydrogen) atoms. The molecule has 0 saturated heterocycles. The van der Waals surface area contributed by atoms with Gasteiger partial charge in [0.1, 0.15) is 11.5 Å². The second-order valence-corrected chi connectivity index (χ2v) is 9.72. The van der Waals surface area contributed by atoms with E-state index in [2.05, 4.69) is 34.1 Å². The number of hydrogen-bond donors (Lipinski definition) is 0. The van der Waals surface area contributed by atoms with Crippen LogP contribution >= 0.6 is 15.9 Å². The van der Waals surface area contributed by atoms with Gasteiger partial charge in [0.05, 0.1) is 26.0 Å². The molecular formula is C29H27BrN2O3. The molecule has 0 N–H and O–H groups in total. The molecule has 0 spiro atoms. The molecule has 5 nitrogen and oxygen atoms in total. The van der Waals surface area contributed by atoms with E-state index in [1.54, 1.807) is 19.2 Å². The fourth-order valence-electron chi connectivity index (χ4n) is 4.93. The molecule has 2 atom stereocenters. The van der Waals surface area contributed by atoms with E-state index < -0.39 is 0 Å². The monoisotopic (exact) mass is 530 g/mol. The molecule has 0 bridgehead atoms. The number of allylic oxidation sites excluding steroid dienone is 1. The Morgan fingerprint density at radius 2 is 1.57 bits per heavy atom. The minimum Gasteiger partial charge on any atom is -0.497 e. The van der Waals surface area contributed by atoms with Gasteiger partial charge >= 0.3 is 0 Å². The molecule has 1 aliphatic carbocycles. The van der Waals surface area contributed by atoms with Crippen molar-refractivity contribution in [2.45, 2.75) is 25.3 Å². The maximum Gasteiger partial charge on any atom is 0.274 e. The Bertz CT molecular complexity index is 1260. The Hall–Kier alpha value is -3.38. The van der Waals surface area contributed by atoms with Crippen LogP contribution in [0.1, 0.15) is 46.8 Å². The van der Waals surface area contributed by atoms with Gasteiger partial charge in [-0.25, -0.2) is 5.01 Å². The quantitative estimate of drug-likeness (QED) is 0.360. The predicted molar refractivity (Wildman–Crippen MR) is 142 cm³/mol. The number of nitrogens with zero attached hydrogens (tertiary/aromatic N) is 2. The lowest BCUT2D eigenvalue weighted by Crippen LogP contribution is -2.31. The van der Waals surface area contributed by atoms with E-state index in [1.807, 2.05) is 60.7 Å². The fourth-order valence-corrected chi connectivity index (χ4v) is 5.19. The first kappa shape index (κ1) is 23.4. The number of hydrazone groups is 1. The Balaban J connectivity index is 1.55. The van der Waals surface area contributed by atoms with Crippen LogP contribution in [-0.4, -0.2) is 30.8 Å². The van der Waals surface area contributed by atoms with Crippen molar-refractivity contribution < 1.29 is 14.3 Å². The highest BCUT2D eigenvalue weighted by molar-refractivity contribution is 9.10. The molecule has 6 heteroatoms. The zero-order valence-electron chi connectivity index (χ0n) is 19.8. The molecule has 178 valence electrons. The summed E-state index contributed by atoms with van der Waals surface area (Å²) in [5, 5.41) is 6.68. The average Bonchev–Trinajstić information content (AvgIpc) is 3.30. The van der Waals surface area contributed by atoms with Gasteiger partial charge in [0.2, 0.25) is 0 Å². The molecule has 1 fully saturated rings. The predicted octanol–water partition coefficient (Wildman–Crippen LogP) is 6.90. The highest BCUT2D eigenvalue weighted by Gasteiger charge is 2.43. The summed E-state index contributed by atoms with van der Waals surface area (Å²) in [6.07, 6.45) is 5.18. The molecule has 1 aliphatic heterocycles. The molecule has 2 aliphatic rings. The van der Waals surface area contributed by atoms with Crippen LogP contribution in [0.5, 0.6) is 11.5 Å². The largest absolute Gasteiger partial charge is 0.497 e. The summed E-state index contributed by atoms with van der Waals surface area (Å²) in [5.74, 6) is 1.67. The number of carbonyl (C=O) groups excluding carboxylic acids is 1. The molecule has 0 radical (unpaired) electrons. The van der Waals surface area contributed by atoms with Gasteiger partial charge in [-0.2, -0.15) is 5.10 Å². The molecular weight excluding hydrogens is 504 g/mol. The van der Waals surface area contributed by atoms with Crippen molar-refractivity contribution in [2.24, 2.45) is 11.0 Å². The summed E-state index contributed by atoms with van der Waals surface area (Å²) >= 11 is 3.46. The topological polar surface area (TPSA) is 51.1 Å².